The van der Waals surface area contributed by atoms with Crippen molar-refractivity contribution >= 4 is 40.1 Å². The Kier molecular flexibility index (Phi) is 6.73. The Balaban J connectivity index is 1.43. The molecule has 3 rings (SSSR count). The molecule has 0 aliphatic carbocycles. The van der Waals surface area contributed by atoms with Gasteiger partial charge in [0.25, 0.3) is 0 Å². The third-order valence-electron chi connectivity index (χ3n) is 4.50. The highest BCUT2D eigenvalue weighted by Crippen LogP contribution is 2.16. The van der Waals surface area contributed by atoms with E-state index < -0.39 is 0 Å². The number of amides is 1. The Hall–Kier alpha value is -1.11. The van der Waals surface area contributed by atoms with Gasteiger partial charge >= 0.3 is 0 Å². The molecule has 3 nitrogen and oxygen atoms in total. The molecule has 2 aromatic rings. The number of piperidine rings is 1. The molecule has 0 radical (unpaired) electrons. The molecule has 1 aliphatic rings. The van der Waals surface area contributed by atoms with Crippen molar-refractivity contribution in [1.29, 1.82) is 0 Å². The van der Waals surface area contributed by atoms with Crippen LogP contribution in [0.4, 0.5) is 0 Å². The van der Waals surface area contributed by atoms with Gasteiger partial charge in [0.1, 0.15) is 0 Å². The molecule has 1 fully saturated rings. The maximum Gasteiger partial charge on any atom is 0.224 e. The Morgan fingerprint density at radius 1 is 1.12 bits per heavy atom. The molecule has 0 saturated carbocycles. The van der Waals surface area contributed by atoms with Crippen LogP contribution in [0.3, 0.4) is 0 Å². The SMILES string of the molecule is O=C(Cc1cccc(Cl)c1)NC1CCN(Cc2cccc(I)c2)CC1. The van der Waals surface area contributed by atoms with E-state index in [4.69, 9.17) is 11.6 Å². The van der Waals surface area contributed by atoms with Gasteiger partial charge in [-0.1, -0.05) is 35.9 Å². The summed E-state index contributed by atoms with van der Waals surface area (Å²) in [6.07, 6.45) is 2.40. The van der Waals surface area contributed by atoms with Gasteiger partial charge in [0, 0.05) is 34.3 Å². The second-order valence-corrected chi connectivity index (χ2v) is 8.24. The molecule has 1 N–H and O–H groups in total. The molecule has 132 valence electrons. The van der Waals surface area contributed by atoms with Gasteiger partial charge in [-0.3, -0.25) is 9.69 Å². The van der Waals surface area contributed by atoms with Crippen LogP contribution in [0.25, 0.3) is 0 Å². The zero-order valence-corrected chi connectivity index (χ0v) is 17.0. The van der Waals surface area contributed by atoms with Crippen LogP contribution in [0.5, 0.6) is 0 Å². The number of benzene rings is 2. The van der Waals surface area contributed by atoms with E-state index in [9.17, 15) is 4.79 Å². The van der Waals surface area contributed by atoms with E-state index in [1.54, 1.807) is 0 Å². The molecular formula is C20H22ClIN2O. The molecular weight excluding hydrogens is 447 g/mol. The van der Waals surface area contributed by atoms with Gasteiger partial charge in [0.15, 0.2) is 0 Å². The van der Waals surface area contributed by atoms with E-state index in [2.05, 4.69) is 57.1 Å². The fourth-order valence-electron chi connectivity index (χ4n) is 3.24. The van der Waals surface area contributed by atoms with Crippen LogP contribution in [-0.4, -0.2) is 29.9 Å². The van der Waals surface area contributed by atoms with E-state index in [-0.39, 0.29) is 11.9 Å². The van der Waals surface area contributed by atoms with Gasteiger partial charge in [0.2, 0.25) is 5.91 Å². The molecule has 0 bridgehead atoms. The first kappa shape index (κ1) is 18.7. The van der Waals surface area contributed by atoms with Gasteiger partial charge < -0.3 is 5.32 Å². The Morgan fingerprint density at radius 3 is 2.56 bits per heavy atom. The zero-order valence-electron chi connectivity index (χ0n) is 14.1. The average Bonchev–Trinajstić information content (AvgIpc) is 2.57. The summed E-state index contributed by atoms with van der Waals surface area (Å²) in [4.78, 5) is 14.7. The van der Waals surface area contributed by atoms with Crippen LogP contribution >= 0.6 is 34.2 Å². The zero-order chi connectivity index (χ0) is 17.6. The van der Waals surface area contributed by atoms with Crippen LogP contribution < -0.4 is 5.32 Å². The highest BCUT2D eigenvalue weighted by Gasteiger charge is 2.20. The summed E-state index contributed by atoms with van der Waals surface area (Å²) in [5.74, 6) is 0.0818. The Labute approximate surface area is 167 Å². The maximum atomic E-state index is 12.2. The van der Waals surface area contributed by atoms with E-state index in [1.807, 2.05) is 24.3 Å². The number of nitrogens with one attached hydrogen (secondary N) is 1. The summed E-state index contributed by atoms with van der Waals surface area (Å²) >= 11 is 8.33. The largest absolute Gasteiger partial charge is 0.353 e. The molecule has 0 spiro atoms. The van der Waals surface area contributed by atoms with E-state index in [0.717, 1.165) is 38.0 Å². The number of likely N-dealkylation sites (tertiary alicyclic amines) is 1. The monoisotopic (exact) mass is 468 g/mol. The van der Waals surface area contributed by atoms with Crippen molar-refractivity contribution < 1.29 is 4.79 Å². The lowest BCUT2D eigenvalue weighted by Crippen LogP contribution is -2.44. The van der Waals surface area contributed by atoms with E-state index in [0.29, 0.717) is 11.4 Å². The van der Waals surface area contributed by atoms with Crippen LogP contribution in [0, 0.1) is 3.57 Å². The fourth-order valence-corrected chi connectivity index (χ4v) is 4.06. The van der Waals surface area contributed by atoms with Crippen LogP contribution in [0.1, 0.15) is 24.0 Å². The van der Waals surface area contributed by atoms with Crippen molar-refractivity contribution in [2.45, 2.75) is 31.8 Å². The van der Waals surface area contributed by atoms with Gasteiger partial charge in [-0.05, 0) is 70.8 Å². The van der Waals surface area contributed by atoms with Gasteiger partial charge in [-0.15, -0.1) is 0 Å². The van der Waals surface area contributed by atoms with Crippen LogP contribution in [0.15, 0.2) is 48.5 Å². The smallest absolute Gasteiger partial charge is 0.224 e. The molecule has 0 unspecified atom stereocenters. The fraction of sp³-hybridized carbons (Fsp3) is 0.350. The third-order valence-corrected chi connectivity index (χ3v) is 5.41. The predicted molar refractivity (Wildman–Crippen MR) is 111 cm³/mol. The Bertz CT molecular complexity index is 729. The minimum absolute atomic E-state index is 0.0818. The lowest BCUT2D eigenvalue weighted by atomic mass is 10.0. The minimum Gasteiger partial charge on any atom is -0.353 e. The summed E-state index contributed by atoms with van der Waals surface area (Å²) in [5, 5.41) is 3.85. The summed E-state index contributed by atoms with van der Waals surface area (Å²) in [7, 11) is 0. The lowest BCUT2D eigenvalue weighted by Gasteiger charge is -2.32. The minimum atomic E-state index is 0.0818. The average molecular weight is 469 g/mol. The summed E-state index contributed by atoms with van der Waals surface area (Å²) in [6, 6.07) is 16.4. The first-order valence-electron chi connectivity index (χ1n) is 8.59. The van der Waals surface area contributed by atoms with Crippen molar-refractivity contribution in [2.24, 2.45) is 0 Å². The number of hydrogen-bond donors (Lipinski definition) is 1. The summed E-state index contributed by atoms with van der Waals surface area (Å²) in [5.41, 5.74) is 2.32. The van der Waals surface area contributed by atoms with Gasteiger partial charge in [0.05, 0.1) is 6.42 Å². The standard InChI is InChI=1S/C20H22ClIN2O/c21-17-5-1-3-15(11-17)13-20(25)23-19-7-9-24(10-8-19)14-16-4-2-6-18(22)12-16/h1-6,11-12,19H,7-10,13-14H2,(H,23,25). The molecule has 1 saturated heterocycles. The first-order valence-corrected chi connectivity index (χ1v) is 10.0. The second kappa shape index (κ2) is 9.01. The van der Waals surface area contributed by atoms with E-state index >= 15 is 0 Å². The molecule has 1 aliphatic heterocycles. The van der Waals surface area contributed by atoms with Crippen molar-refractivity contribution in [3.63, 3.8) is 0 Å². The topological polar surface area (TPSA) is 32.3 Å². The third kappa shape index (κ3) is 5.97. The molecule has 1 heterocycles. The first-order chi connectivity index (χ1) is 12.1. The summed E-state index contributed by atoms with van der Waals surface area (Å²) in [6.45, 7) is 3.03. The Morgan fingerprint density at radius 2 is 1.84 bits per heavy atom. The number of rotatable bonds is 5. The van der Waals surface area contributed by atoms with Gasteiger partial charge in [-0.2, -0.15) is 0 Å². The number of nitrogens with zero attached hydrogens (tertiary/aromatic N) is 1. The molecule has 0 aromatic heterocycles. The number of hydrogen-bond acceptors (Lipinski definition) is 2. The van der Waals surface area contributed by atoms with Crippen molar-refractivity contribution in [3.8, 4) is 0 Å². The van der Waals surface area contributed by atoms with Crippen molar-refractivity contribution in [3.05, 3.63) is 68.3 Å². The van der Waals surface area contributed by atoms with E-state index in [1.165, 1.54) is 9.13 Å². The normalized spacial score (nSPS) is 15.9. The lowest BCUT2D eigenvalue weighted by molar-refractivity contribution is -0.121. The van der Waals surface area contributed by atoms with Crippen LogP contribution in [-0.2, 0) is 17.8 Å². The van der Waals surface area contributed by atoms with Crippen molar-refractivity contribution in [2.75, 3.05) is 13.1 Å². The molecule has 25 heavy (non-hydrogen) atoms. The molecule has 1 amide bonds. The number of carbonyl (C=O) groups is 1. The molecule has 5 heteroatoms. The second-order valence-electron chi connectivity index (χ2n) is 6.55. The van der Waals surface area contributed by atoms with Crippen LogP contribution in [0.2, 0.25) is 5.02 Å². The summed E-state index contributed by atoms with van der Waals surface area (Å²) < 4.78 is 1.28. The number of carbonyl (C=O) groups excluding carboxylic acids is 1. The predicted octanol–water partition coefficient (Wildman–Crippen LogP) is 4.27. The number of halogens is 2. The highest BCUT2D eigenvalue weighted by molar-refractivity contribution is 14.1. The highest BCUT2D eigenvalue weighted by atomic mass is 127. The quantitative estimate of drug-likeness (QED) is 0.665. The van der Waals surface area contributed by atoms with Gasteiger partial charge in [-0.25, -0.2) is 0 Å². The maximum absolute atomic E-state index is 12.2. The molecule has 2 aromatic carbocycles. The van der Waals surface area contributed by atoms with Crippen molar-refractivity contribution in [1.82, 2.24) is 10.2 Å². The molecule has 0 atom stereocenters.